The third-order valence-electron chi connectivity index (χ3n) is 3.43. The number of hydrogen-bond donors (Lipinski definition) is 0. The third-order valence-corrected chi connectivity index (χ3v) is 4.57. The van der Waals surface area contributed by atoms with Crippen molar-refractivity contribution in [2.75, 3.05) is 5.33 Å². The quantitative estimate of drug-likeness (QED) is 0.640. The Bertz CT molecular complexity index is 561. The van der Waals surface area contributed by atoms with Gasteiger partial charge >= 0.3 is 0 Å². The van der Waals surface area contributed by atoms with E-state index in [4.69, 9.17) is 0 Å². The molecule has 0 aliphatic heterocycles. The summed E-state index contributed by atoms with van der Waals surface area (Å²) < 4.78 is 1.23. The molecule has 17 heavy (non-hydrogen) atoms. The molecule has 1 atom stereocenters. The number of fused-ring (bicyclic) bond motifs is 3. The molecular weight excluding hydrogens is 340 g/mol. The van der Waals surface area contributed by atoms with Crippen LogP contribution < -0.4 is 0 Å². The van der Waals surface area contributed by atoms with Crippen molar-refractivity contribution in [3.05, 3.63) is 58.1 Å². The second kappa shape index (κ2) is 4.58. The van der Waals surface area contributed by atoms with Gasteiger partial charge in [-0.3, -0.25) is 0 Å². The molecule has 0 bridgehead atoms. The summed E-state index contributed by atoms with van der Waals surface area (Å²) in [5, 5.41) is 1.03. The Morgan fingerprint density at radius 1 is 0.941 bits per heavy atom. The van der Waals surface area contributed by atoms with E-state index in [1.165, 1.54) is 26.7 Å². The van der Waals surface area contributed by atoms with Crippen LogP contribution in [0.1, 0.15) is 23.5 Å². The monoisotopic (exact) mass is 350 g/mol. The molecule has 2 heteroatoms. The van der Waals surface area contributed by atoms with Gasteiger partial charge in [-0.15, -0.1) is 0 Å². The molecule has 0 heterocycles. The molecule has 86 valence electrons. The van der Waals surface area contributed by atoms with Crippen LogP contribution in [0.4, 0.5) is 0 Å². The first-order valence-corrected chi connectivity index (χ1v) is 7.68. The molecule has 0 fully saturated rings. The van der Waals surface area contributed by atoms with E-state index < -0.39 is 0 Å². The number of hydrogen-bond acceptors (Lipinski definition) is 0. The lowest BCUT2D eigenvalue weighted by Gasteiger charge is -2.13. The Morgan fingerprint density at radius 3 is 2.53 bits per heavy atom. The Hall–Kier alpha value is -0.600. The zero-order chi connectivity index (χ0) is 11.8. The van der Waals surface area contributed by atoms with E-state index in [2.05, 4.69) is 74.3 Å². The lowest BCUT2D eigenvalue weighted by Crippen LogP contribution is -1.98. The Kier molecular flexibility index (Phi) is 3.10. The molecular formula is C15H12Br2. The van der Waals surface area contributed by atoms with Gasteiger partial charge in [0.25, 0.3) is 0 Å². The number of halogens is 2. The summed E-state index contributed by atoms with van der Waals surface area (Å²) in [5.41, 5.74) is 5.71. The third kappa shape index (κ3) is 1.78. The minimum absolute atomic E-state index is 0.524. The van der Waals surface area contributed by atoms with Gasteiger partial charge in [0.2, 0.25) is 0 Å². The average molecular weight is 352 g/mol. The molecule has 0 aromatic heterocycles. The highest BCUT2D eigenvalue weighted by atomic mass is 79.9. The van der Waals surface area contributed by atoms with Gasteiger partial charge in [-0.1, -0.05) is 68.3 Å². The Morgan fingerprint density at radius 2 is 1.71 bits per heavy atom. The Labute approximate surface area is 118 Å². The van der Waals surface area contributed by atoms with Crippen LogP contribution in [0.5, 0.6) is 0 Å². The van der Waals surface area contributed by atoms with E-state index in [1.54, 1.807) is 0 Å². The molecule has 0 saturated carbocycles. The number of alkyl halides is 1. The fraction of sp³-hybridized carbons (Fsp3) is 0.200. The minimum Gasteiger partial charge on any atom is -0.0928 e. The van der Waals surface area contributed by atoms with Gasteiger partial charge < -0.3 is 0 Å². The van der Waals surface area contributed by atoms with E-state index in [-0.39, 0.29) is 0 Å². The largest absolute Gasteiger partial charge is 0.0928 e. The van der Waals surface area contributed by atoms with Crippen LogP contribution in [0.25, 0.3) is 11.1 Å². The summed E-state index contributed by atoms with van der Waals surface area (Å²) in [7, 11) is 0. The lowest BCUT2D eigenvalue weighted by molar-refractivity contribution is 0.806. The smallest absolute Gasteiger partial charge is 0.0219 e. The first kappa shape index (κ1) is 11.5. The van der Waals surface area contributed by atoms with Crippen LogP contribution >= 0.6 is 31.9 Å². The van der Waals surface area contributed by atoms with Gasteiger partial charge in [0.1, 0.15) is 0 Å². The molecule has 1 aliphatic carbocycles. The molecule has 0 saturated heterocycles. The second-order valence-corrected chi connectivity index (χ2v) is 5.97. The van der Waals surface area contributed by atoms with Crippen LogP contribution in [-0.4, -0.2) is 5.33 Å². The summed E-state index contributed by atoms with van der Waals surface area (Å²) >= 11 is 7.27. The molecule has 3 rings (SSSR count). The van der Waals surface area contributed by atoms with Crippen molar-refractivity contribution in [1.82, 2.24) is 0 Å². The maximum Gasteiger partial charge on any atom is 0.0219 e. The summed E-state index contributed by atoms with van der Waals surface area (Å²) in [6, 6.07) is 15.2. The number of rotatable bonds is 2. The predicted octanol–water partition coefficient (Wildman–Crippen LogP) is 5.35. The van der Waals surface area contributed by atoms with E-state index in [1.807, 2.05) is 0 Å². The van der Waals surface area contributed by atoms with Crippen LogP contribution in [0.15, 0.2) is 46.9 Å². The highest BCUT2D eigenvalue weighted by Crippen LogP contribution is 2.49. The first-order chi connectivity index (χ1) is 8.33. The van der Waals surface area contributed by atoms with E-state index in [9.17, 15) is 0 Å². The SMILES string of the molecule is BrCCC1c2ccccc2-c2cccc(Br)c21. The summed E-state index contributed by atoms with van der Waals surface area (Å²) in [6.07, 6.45) is 1.15. The van der Waals surface area contributed by atoms with Crippen molar-refractivity contribution in [1.29, 1.82) is 0 Å². The molecule has 0 spiro atoms. The standard InChI is InChI=1S/C15H12Br2/c16-9-8-13-11-5-2-1-4-10(11)12-6-3-7-14(17)15(12)13/h1-7,13H,8-9H2. The fourth-order valence-corrected chi connectivity index (χ4v) is 3.84. The van der Waals surface area contributed by atoms with Gasteiger partial charge in [0, 0.05) is 15.7 Å². The second-order valence-electron chi connectivity index (χ2n) is 4.32. The van der Waals surface area contributed by atoms with Gasteiger partial charge in [-0.05, 0) is 34.7 Å². The van der Waals surface area contributed by atoms with Gasteiger partial charge in [-0.2, -0.15) is 0 Å². The molecule has 1 unspecified atom stereocenters. The van der Waals surface area contributed by atoms with E-state index in [0.29, 0.717) is 5.92 Å². The molecule has 0 radical (unpaired) electrons. The molecule has 0 nitrogen and oxygen atoms in total. The van der Waals surface area contributed by atoms with Crippen LogP contribution in [-0.2, 0) is 0 Å². The normalized spacial score (nSPS) is 16.7. The molecule has 2 aromatic carbocycles. The van der Waals surface area contributed by atoms with Gasteiger partial charge in [-0.25, -0.2) is 0 Å². The fourth-order valence-electron chi connectivity index (χ4n) is 2.74. The zero-order valence-corrected chi connectivity index (χ0v) is 12.5. The van der Waals surface area contributed by atoms with Crippen molar-refractivity contribution in [3.8, 4) is 11.1 Å². The van der Waals surface area contributed by atoms with Gasteiger partial charge in [0.05, 0.1) is 0 Å². The molecule has 1 aliphatic rings. The van der Waals surface area contributed by atoms with Crippen LogP contribution in [0.3, 0.4) is 0 Å². The Balaban J connectivity index is 2.26. The average Bonchev–Trinajstić information content (AvgIpc) is 2.67. The topological polar surface area (TPSA) is 0 Å². The van der Waals surface area contributed by atoms with E-state index in [0.717, 1.165) is 11.8 Å². The van der Waals surface area contributed by atoms with Crippen molar-refractivity contribution in [2.24, 2.45) is 0 Å². The first-order valence-electron chi connectivity index (χ1n) is 5.76. The summed E-state index contributed by atoms with van der Waals surface area (Å²) in [6.45, 7) is 0. The van der Waals surface area contributed by atoms with Crippen molar-refractivity contribution in [2.45, 2.75) is 12.3 Å². The van der Waals surface area contributed by atoms with Crippen molar-refractivity contribution >= 4 is 31.9 Å². The number of benzene rings is 2. The molecule has 0 N–H and O–H groups in total. The highest BCUT2D eigenvalue weighted by molar-refractivity contribution is 9.10. The van der Waals surface area contributed by atoms with Crippen LogP contribution in [0, 0.1) is 0 Å². The molecule has 0 amide bonds. The zero-order valence-electron chi connectivity index (χ0n) is 9.29. The van der Waals surface area contributed by atoms with Gasteiger partial charge in [0.15, 0.2) is 0 Å². The molecule has 2 aromatic rings. The predicted molar refractivity (Wildman–Crippen MR) is 79.8 cm³/mol. The minimum atomic E-state index is 0.524. The maximum atomic E-state index is 3.70. The van der Waals surface area contributed by atoms with Crippen molar-refractivity contribution in [3.63, 3.8) is 0 Å². The summed E-state index contributed by atoms with van der Waals surface area (Å²) in [4.78, 5) is 0. The maximum absolute atomic E-state index is 3.70. The van der Waals surface area contributed by atoms with Crippen molar-refractivity contribution < 1.29 is 0 Å². The highest BCUT2D eigenvalue weighted by Gasteiger charge is 2.29. The van der Waals surface area contributed by atoms with E-state index >= 15 is 0 Å². The lowest BCUT2D eigenvalue weighted by atomic mass is 9.95. The van der Waals surface area contributed by atoms with Crippen LogP contribution in [0.2, 0.25) is 0 Å². The summed E-state index contributed by atoms with van der Waals surface area (Å²) in [5.74, 6) is 0.524.